The van der Waals surface area contributed by atoms with Gasteiger partial charge in [-0.1, -0.05) is 6.07 Å². The molecule has 8 nitrogen and oxygen atoms in total. The molecule has 154 valence electrons. The van der Waals surface area contributed by atoms with Gasteiger partial charge in [0, 0.05) is 17.3 Å². The van der Waals surface area contributed by atoms with Crippen molar-refractivity contribution < 1.29 is 27.6 Å². The first kappa shape index (κ1) is 21.7. The second-order valence-electron chi connectivity index (χ2n) is 5.81. The molecule has 0 saturated heterocycles. The Balaban J connectivity index is 2.00. The van der Waals surface area contributed by atoms with Crippen LogP contribution in [0.3, 0.4) is 0 Å². The summed E-state index contributed by atoms with van der Waals surface area (Å²) < 4.78 is 43.0. The number of hydrazone groups is 1. The third-order valence-electron chi connectivity index (χ3n) is 3.78. The fourth-order valence-electron chi connectivity index (χ4n) is 2.30. The maximum Gasteiger partial charge on any atom is 0.416 e. The molecule has 29 heavy (non-hydrogen) atoms. The summed E-state index contributed by atoms with van der Waals surface area (Å²) in [6, 6.07) is 8.63. The van der Waals surface area contributed by atoms with Crippen LogP contribution in [0.25, 0.3) is 0 Å². The fourth-order valence-corrected chi connectivity index (χ4v) is 2.30. The highest BCUT2D eigenvalue weighted by Gasteiger charge is 2.30. The standard InChI is InChI=1S/C18H17F3N4O4/c1-11(12-6-7-16(29-2)15(8-12)25(27)28)23-24-17(26)10-22-14-5-3-4-13(9-14)18(19,20)21/h3-9,22H,10H2,1-2H3,(H,24,26)/b23-11-. The number of benzene rings is 2. The minimum absolute atomic E-state index is 0.0841. The second kappa shape index (κ2) is 9.04. The van der Waals surface area contributed by atoms with Crippen LogP contribution in [0.15, 0.2) is 47.6 Å². The van der Waals surface area contributed by atoms with Crippen LogP contribution in [0.2, 0.25) is 0 Å². The number of carbonyl (C=O) groups excluding carboxylic acids is 1. The zero-order chi connectivity index (χ0) is 21.6. The van der Waals surface area contributed by atoms with E-state index in [4.69, 9.17) is 4.74 Å². The fraction of sp³-hybridized carbons (Fsp3) is 0.222. The molecular formula is C18H17F3N4O4. The number of alkyl halides is 3. The number of hydrogen-bond donors (Lipinski definition) is 2. The van der Waals surface area contributed by atoms with Crippen LogP contribution >= 0.6 is 0 Å². The van der Waals surface area contributed by atoms with Crippen LogP contribution in [0.1, 0.15) is 18.1 Å². The van der Waals surface area contributed by atoms with Crippen LogP contribution in [-0.4, -0.2) is 30.2 Å². The van der Waals surface area contributed by atoms with Crippen LogP contribution in [0, 0.1) is 10.1 Å². The van der Waals surface area contributed by atoms with Crippen molar-refractivity contribution in [2.24, 2.45) is 5.10 Å². The number of nitrogens with zero attached hydrogens (tertiary/aromatic N) is 2. The van der Waals surface area contributed by atoms with Gasteiger partial charge in [-0.3, -0.25) is 14.9 Å². The van der Waals surface area contributed by atoms with Gasteiger partial charge >= 0.3 is 11.9 Å². The van der Waals surface area contributed by atoms with Crippen LogP contribution in [0.5, 0.6) is 5.75 Å². The van der Waals surface area contributed by atoms with Gasteiger partial charge in [0.25, 0.3) is 5.91 Å². The number of ether oxygens (including phenoxy) is 1. The summed E-state index contributed by atoms with van der Waals surface area (Å²) in [5.41, 5.74) is 1.96. The van der Waals surface area contributed by atoms with Crippen molar-refractivity contribution in [3.8, 4) is 5.75 Å². The second-order valence-corrected chi connectivity index (χ2v) is 5.81. The maximum absolute atomic E-state index is 12.7. The number of nitro benzene ring substituents is 1. The highest BCUT2D eigenvalue weighted by Crippen LogP contribution is 2.30. The van der Waals surface area contributed by atoms with Crippen molar-refractivity contribution in [1.29, 1.82) is 0 Å². The molecule has 0 aromatic heterocycles. The molecule has 11 heteroatoms. The van der Waals surface area contributed by atoms with E-state index < -0.39 is 22.6 Å². The van der Waals surface area contributed by atoms with E-state index in [1.807, 2.05) is 0 Å². The molecule has 0 radical (unpaired) electrons. The minimum atomic E-state index is -4.48. The highest BCUT2D eigenvalue weighted by atomic mass is 19.4. The summed E-state index contributed by atoms with van der Waals surface area (Å²) in [5, 5.41) is 17.5. The minimum Gasteiger partial charge on any atom is -0.490 e. The van der Waals surface area contributed by atoms with Crippen molar-refractivity contribution in [3.05, 3.63) is 63.7 Å². The van der Waals surface area contributed by atoms with Crippen molar-refractivity contribution in [2.75, 3.05) is 19.0 Å². The monoisotopic (exact) mass is 410 g/mol. The molecule has 0 spiro atoms. The van der Waals surface area contributed by atoms with E-state index in [0.717, 1.165) is 12.1 Å². The summed E-state index contributed by atoms with van der Waals surface area (Å²) >= 11 is 0. The molecule has 0 unspecified atom stereocenters. The third kappa shape index (κ3) is 5.92. The van der Waals surface area contributed by atoms with Gasteiger partial charge in [-0.05, 0) is 37.3 Å². The zero-order valence-corrected chi connectivity index (χ0v) is 15.4. The molecule has 0 fully saturated rings. The topological polar surface area (TPSA) is 106 Å². The van der Waals surface area contributed by atoms with Crippen molar-refractivity contribution >= 4 is 23.0 Å². The lowest BCUT2D eigenvalue weighted by Gasteiger charge is -2.10. The maximum atomic E-state index is 12.7. The van der Waals surface area contributed by atoms with Gasteiger partial charge in [0.2, 0.25) is 0 Å². The Hall–Kier alpha value is -3.63. The predicted molar refractivity (Wildman–Crippen MR) is 99.9 cm³/mol. The lowest BCUT2D eigenvalue weighted by Crippen LogP contribution is -2.26. The van der Waals surface area contributed by atoms with Crippen molar-refractivity contribution in [3.63, 3.8) is 0 Å². The largest absolute Gasteiger partial charge is 0.490 e. The van der Waals surface area contributed by atoms with E-state index in [0.29, 0.717) is 11.3 Å². The Morgan fingerprint density at radius 2 is 1.97 bits per heavy atom. The number of rotatable bonds is 7. The average Bonchev–Trinajstić information content (AvgIpc) is 2.69. The van der Waals surface area contributed by atoms with Gasteiger partial charge < -0.3 is 10.1 Å². The van der Waals surface area contributed by atoms with Gasteiger partial charge in [0.15, 0.2) is 5.75 Å². The summed E-state index contributed by atoms with van der Waals surface area (Å²) in [6.07, 6.45) is -4.48. The molecule has 0 atom stereocenters. The number of methoxy groups -OCH3 is 1. The quantitative estimate of drug-likeness (QED) is 0.412. The Bertz CT molecular complexity index is 945. The number of nitro groups is 1. The molecule has 2 N–H and O–H groups in total. The van der Waals surface area contributed by atoms with E-state index in [1.54, 1.807) is 0 Å². The number of amides is 1. The van der Waals surface area contributed by atoms with Crippen LogP contribution < -0.4 is 15.5 Å². The number of hydrogen-bond acceptors (Lipinski definition) is 6. The van der Waals surface area contributed by atoms with E-state index in [9.17, 15) is 28.1 Å². The predicted octanol–water partition coefficient (Wildman–Crippen LogP) is 3.57. The zero-order valence-electron chi connectivity index (χ0n) is 15.4. The van der Waals surface area contributed by atoms with Gasteiger partial charge in [-0.25, -0.2) is 5.43 Å². The van der Waals surface area contributed by atoms with Crippen molar-refractivity contribution in [2.45, 2.75) is 13.1 Å². The SMILES string of the molecule is COc1ccc(/C(C)=N\NC(=O)CNc2cccc(C(F)(F)F)c2)cc1[N+](=O)[O-]. The lowest BCUT2D eigenvalue weighted by molar-refractivity contribution is -0.385. The van der Waals surface area contributed by atoms with Gasteiger partial charge in [-0.2, -0.15) is 18.3 Å². The molecule has 0 saturated carbocycles. The Kier molecular flexibility index (Phi) is 6.75. The Morgan fingerprint density at radius 1 is 1.24 bits per heavy atom. The van der Waals surface area contributed by atoms with Gasteiger partial charge in [0.1, 0.15) is 0 Å². The first-order chi connectivity index (χ1) is 13.6. The number of halogens is 3. The van der Waals surface area contributed by atoms with E-state index in [-0.39, 0.29) is 23.7 Å². The molecule has 0 aliphatic carbocycles. The lowest BCUT2D eigenvalue weighted by atomic mass is 10.1. The van der Waals surface area contributed by atoms with Crippen molar-refractivity contribution in [1.82, 2.24) is 5.43 Å². The molecule has 0 bridgehead atoms. The number of anilines is 1. The Labute approximate surface area is 163 Å². The normalized spacial score (nSPS) is 11.7. The molecular weight excluding hydrogens is 393 g/mol. The molecule has 0 aliphatic rings. The highest BCUT2D eigenvalue weighted by molar-refractivity contribution is 6.00. The van der Waals surface area contributed by atoms with Gasteiger partial charge in [-0.15, -0.1) is 0 Å². The summed E-state index contributed by atoms with van der Waals surface area (Å²) in [7, 11) is 1.31. The summed E-state index contributed by atoms with van der Waals surface area (Å²) in [4.78, 5) is 22.3. The molecule has 1 amide bonds. The molecule has 0 heterocycles. The first-order valence-corrected chi connectivity index (χ1v) is 8.19. The number of carbonyl (C=O) groups is 1. The molecule has 0 aliphatic heterocycles. The summed E-state index contributed by atoms with van der Waals surface area (Å²) in [5.74, 6) is -0.523. The molecule has 2 aromatic carbocycles. The van der Waals surface area contributed by atoms with E-state index in [1.165, 1.54) is 44.4 Å². The summed E-state index contributed by atoms with van der Waals surface area (Å²) in [6.45, 7) is 1.22. The average molecular weight is 410 g/mol. The van der Waals surface area contributed by atoms with Crippen LogP contribution in [-0.2, 0) is 11.0 Å². The van der Waals surface area contributed by atoms with Crippen LogP contribution in [0.4, 0.5) is 24.5 Å². The first-order valence-electron chi connectivity index (χ1n) is 8.19. The smallest absolute Gasteiger partial charge is 0.416 e. The Morgan fingerprint density at radius 3 is 2.59 bits per heavy atom. The number of nitrogens with one attached hydrogen (secondary N) is 2. The molecule has 2 aromatic rings. The third-order valence-corrected chi connectivity index (χ3v) is 3.78. The van der Waals surface area contributed by atoms with E-state index >= 15 is 0 Å². The molecule has 2 rings (SSSR count). The van der Waals surface area contributed by atoms with Gasteiger partial charge in [0.05, 0.1) is 29.9 Å². The van der Waals surface area contributed by atoms with E-state index in [2.05, 4.69) is 15.8 Å².